The predicted molar refractivity (Wildman–Crippen MR) is 72.6 cm³/mol. The van der Waals surface area contributed by atoms with Crippen molar-refractivity contribution in [2.45, 2.75) is 38.2 Å². The maximum atomic E-state index is 14.6. The second-order valence-electron chi connectivity index (χ2n) is 5.37. The van der Waals surface area contributed by atoms with Gasteiger partial charge in [-0.05, 0) is 32.4 Å². The third-order valence-electron chi connectivity index (χ3n) is 3.92. The molecule has 1 aliphatic heterocycles. The highest BCUT2D eigenvalue weighted by Gasteiger charge is 2.39. The summed E-state index contributed by atoms with van der Waals surface area (Å²) in [7, 11) is 0. The van der Waals surface area contributed by atoms with Gasteiger partial charge in [-0.3, -0.25) is 0 Å². The zero-order valence-electron chi connectivity index (χ0n) is 11.0. The first kappa shape index (κ1) is 12.6. The van der Waals surface area contributed by atoms with Crippen LogP contribution in [0.4, 0.5) is 8.78 Å². The highest BCUT2D eigenvalue weighted by molar-refractivity contribution is 5.85. The lowest BCUT2D eigenvalue weighted by molar-refractivity contribution is -0.0204. The number of nitrogens with one attached hydrogen (secondary N) is 2. The summed E-state index contributed by atoms with van der Waals surface area (Å²) < 4.78 is 29.1. The Balaban J connectivity index is 1.99. The molecule has 102 valence electrons. The number of rotatable bonds is 3. The number of aryl methyl sites for hydroxylation is 1. The number of hydrogen-bond donors (Lipinski definition) is 2. The van der Waals surface area contributed by atoms with E-state index in [-0.39, 0.29) is 18.0 Å². The van der Waals surface area contributed by atoms with Crippen LogP contribution < -0.4 is 5.32 Å². The van der Waals surface area contributed by atoms with E-state index in [1.807, 2.05) is 18.2 Å². The number of fused-ring (bicyclic) bond motifs is 1. The number of para-hydroxylation sites is 1. The third-order valence-corrected chi connectivity index (χ3v) is 3.92. The summed E-state index contributed by atoms with van der Waals surface area (Å²) in [6, 6.07) is 7.21. The van der Waals surface area contributed by atoms with E-state index < -0.39 is 5.92 Å². The lowest BCUT2D eigenvalue weighted by Crippen LogP contribution is -2.29. The molecule has 0 bridgehead atoms. The molecule has 0 spiro atoms. The summed E-state index contributed by atoms with van der Waals surface area (Å²) in [4.78, 5) is 3.06. The zero-order chi connectivity index (χ0) is 13.5. The molecule has 2 N–H and O–H groups in total. The molecular weight excluding hydrogens is 246 g/mol. The van der Waals surface area contributed by atoms with Crippen molar-refractivity contribution in [1.82, 2.24) is 10.3 Å². The molecule has 1 atom stereocenters. The number of aromatic amines is 1. The summed E-state index contributed by atoms with van der Waals surface area (Å²) in [6.45, 7) is 2.58. The molecule has 2 nitrogen and oxygen atoms in total. The molecule has 1 fully saturated rings. The minimum absolute atomic E-state index is 0.0666. The van der Waals surface area contributed by atoms with Crippen LogP contribution in [-0.4, -0.2) is 17.6 Å². The maximum Gasteiger partial charge on any atom is 0.277 e. The lowest BCUT2D eigenvalue weighted by Gasteiger charge is -2.21. The van der Waals surface area contributed by atoms with Crippen LogP contribution in [0.3, 0.4) is 0 Å². The Kier molecular flexibility index (Phi) is 3.05. The van der Waals surface area contributed by atoms with Crippen molar-refractivity contribution in [3.05, 3.63) is 35.5 Å². The first-order valence-corrected chi connectivity index (χ1v) is 6.77. The van der Waals surface area contributed by atoms with E-state index in [2.05, 4.69) is 10.3 Å². The van der Waals surface area contributed by atoms with Gasteiger partial charge in [-0.2, -0.15) is 0 Å². The number of alkyl halides is 2. The minimum atomic E-state index is -2.79. The molecule has 19 heavy (non-hydrogen) atoms. The Morgan fingerprint density at radius 1 is 1.32 bits per heavy atom. The van der Waals surface area contributed by atoms with Gasteiger partial charge in [0.1, 0.15) is 0 Å². The van der Waals surface area contributed by atoms with Crippen molar-refractivity contribution in [2.24, 2.45) is 0 Å². The average molecular weight is 264 g/mol. The number of benzene rings is 1. The SMILES string of the molecule is Cc1[nH]c2ccccc2c1C(F)(F)CC1CCCN1. The number of aromatic nitrogens is 1. The van der Waals surface area contributed by atoms with Gasteiger partial charge in [0.15, 0.2) is 0 Å². The van der Waals surface area contributed by atoms with Gasteiger partial charge in [0, 0.05) is 34.6 Å². The quantitative estimate of drug-likeness (QED) is 0.869. The van der Waals surface area contributed by atoms with Crippen LogP contribution in [0.25, 0.3) is 10.9 Å². The first-order chi connectivity index (χ1) is 9.08. The molecule has 2 heterocycles. The number of hydrogen-bond acceptors (Lipinski definition) is 1. The molecule has 0 radical (unpaired) electrons. The van der Waals surface area contributed by atoms with Crippen LogP contribution in [0.5, 0.6) is 0 Å². The van der Waals surface area contributed by atoms with Crippen molar-refractivity contribution in [3.63, 3.8) is 0 Å². The molecule has 0 saturated carbocycles. The predicted octanol–water partition coefficient (Wildman–Crippen LogP) is 3.71. The number of H-pyrrole nitrogens is 1. The molecule has 2 aromatic rings. The average Bonchev–Trinajstić information content (AvgIpc) is 2.94. The summed E-state index contributed by atoms with van der Waals surface area (Å²) in [5, 5.41) is 3.79. The van der Waals surface area contributed by atoms with E-state index in [1.165, 1.54) is 0 Å². The van der Waals surface area contributed by atoms with Crippen molar-refractivity contribution in [3.8, 4) is 0 Å². The number of halogens is 2. The molecule has 0 aliphatic carbocycles. The van der Waals surface area contributed by atoms with E-state index in [9.17, 15) is 8.78 Å². The second-order valence-corrected chi connectivity index (χ2v) is 5.37. The van der Waals surface area contributed by atoms with E-state index in [4.69, 9.17) is 0 Å². The topological polar surface area (TPSA) is 27.8 Å². The van der Waals surface area contributed by atoms with Gasteiger partial charge >= 0.3 is 0 Å². The molecule has 3 rings (SSSR count). The Hall–Kier alpha value is -1.42. The van der Waals surface area contributed by atoms with Gasteiger partial charge < -0.3 is 10.3 Å². The largest absolute Gasteiger partial charge is 0.358 e. The van der Waals surface area contributed by atoms with Gasteiger partial charge in [-0.25, -0.2) is 8.78 Å². The Morgan fingerprint density at radius 2 is 2.11 bits per heavy atom. The highest BCUT2D eigenvalue weighted by Crippen LogP contribution is 2.40. The standard InChI is InChI=1S/C15H18F2N2/c1-10-14(12-6-2-3-7-13(12)19-10)15(16,17)9-11-5-4-8-18-11/h2-3,6-7,11,18-19H,4-5,8-9H2,1H3. The van der Waals surface area contributed by atoms with E-state index in [1.54, 1.807) is 13.0 Å². The maximum absolute atomic E-state index is 14.6. The van der Waals surface area contributed by atoms with Crippen LogP contribution in [0.1, 0.15) is 30.5 Å². The van der Waals surface area contributed by atoms with Crippen LogP contribution in [-0.2, 0) is 5.92 Å². The van der Waals surface area contributed by atoms with E-state index in [0.717, 1.165) is 24.9 Å². The van der Waals surface area contributed by atoms with Gasteiger partial charge in [0.2, 0.25) is 0 Å². The molecule has 1 saturated heterocycles. The van der Waals surface area contributed by atoms with Crippen LogP contribution in [0.2, 0.25) is 0 Å². The van der Waals surface area contributed by atoms with E-state index in [0.29, 0.717) is 11.1 Å². The highest BCUT2D eigenvalue weighted by atomic mass is 19.3. The van der Waals surface area contributed by atoms with Crippen molar-refractivity contribution < 1.29 is 8.78 Å². The second kappa shape index (κ2) is 4.60. The zero-order valence-corrected chi connectivity index (χ0v) is 11.0. The molecule has 1 aromatic carbocycles. The summed E-state index contributed by atoms with van der Waals surface area (Å²) in [5.74, 6) is -2.79. The monoisotopic (exact) mass is 264 g/mol. The molecular formula is C15H18F2N2. The fourth-order valence-corrected chi connectivity index (χ4v) is 3.09. The van der Waals surface area contributed by atoms with Gasteiger partial charge in [0.25, 0.3) is 5.92 Å². The van der Waals surface area contributed by atoms with Gasteiger partial charge in [0.05, 0.1) is 0 Å². The smallest absolute Gasteiger partial charge is 0.277 e. The van der Waals surface area contributed by atoms with Crippen LogP contribution >= 0.6 is 0 Å². The molecule has 0 amide bonds. The molecule has 4 heteroatoms. The fraction of sp³-hybridized carbons (Fsp3) is 0.467. The summed E-state index contributed by atoms with van der Waals surface area (Å²) in [5.41, 5.74) is 1.52. The summed E-state index contributed by atoms with van der Waals surface area (Å²) >= 11 is 0. The normalized spacial score (nSPS) is 20.3. The van der Waals surface area contributed by atoms with Crippen molar-refractivity contribution in [1.29, 1.82) is 0 Å². The molecule has 1 unspecified atom stereocenters. The molecule has 1 aromatic heterocycles. The fourth-order valence-electron chi connectivity index (χ4n) is 3.09. The summed E-state index contributed by atoms with van der Waals surface area (Å²) in [6.07, 6.45) is 1.72. The molecule has 1 aliphatic rings. The van der Waals surface area contributed by atoms with Gasteiger partial charge in [-0.15, -0.1) is 0 Å². The van der Waals surface area contributed by atoms with E-state index >= 15 is 0 Å². The Morgan fingerprint density at radius 3 is 2.84 bits per heavy atom. The van der Waals surface area contributed by atoms with Gasteiger partial charge in [-0.1, -0.05) is 18.2 Å². The van der Waals surface area contributed by atoms with Crippen molar-refractivity contribution >= 4 is 10.9 Å². The minimum Gasteiger partial charge on any atom is -0.358 e. The third kappa shape index (κ3) is 2.25. The lowest BCUT2D eigenvalue weighted by atomic mass is 9.97. The Labute approximate surface area is 111 Å². The first-order valence-electron chi connectivity index (χ1n) is 6.77. The van der Waals surface area contributed by atoms with Crippen LogP contribution in [0.15, 0.2) is 24.3 Å². The van der Waals surface area contributed by atoms with Crippen LogP contribution in [0, 0.1) is 6.92 Å². The Bertz CT molecular complexity index is 583. The van der Waals surface area contributed by atoms with Crippen molar-refractivity contribution in [2.75, 3.05) is 6.54 Å².